The summed E-state index contributed by atoms with van der Waals surface area (Å²) in [5.41, 5.74) is 4.05. The van der Waals surface area contributed by atoms with Crippen molar-refractivity contribution in [2.24, 2.45) is 5.73 Å². The van der Waals surface area contributed by atoms with Gasteiger partial charge in [0.15, 0.2) is 17.2 Å². The van der Waals surface area contributed by atoms with Crippen LogP contribution in [-0.2, 0) is 10.3 Å². The molecule has 3 aromatic rings. The third kappa shape index (κ3) is 5.06. The number of likely N-dealkylation sites (N-methyl/N-ethyl adjacent to an activating group) is 1. The number of nitrogens with two attached hydrogens (primary N) is 1. The highest BCUT2D eigenvalue weighted by Gasteiger charge is 2.51. The van der Waals surface area contributed by atoms with Gasteiger partial charge in [-0.15, -0.1) is 0 Å². The van der Waals surface area contributed by atoms with E-state index in [1.165, 1.54) is 24.1 Å². The molecule has 212 valence electrons. The van der Waals surface area contributed by atoms with Crippen LogP contribution in [0.1, 0.15) is 55.1 Å². The molecule has 3 aromatic carbocycles. The summed E-state index contributed by atoms with van der Waals surface area (Å²) < 4.78 is 48.4. The number of amides is 2. The van der Waals surface area contributed by atoms with Gasteiger partial charge in [-0.3, -0.25) is 4.79 Å². The highest BCUT2D eigenvalue weighted by molar-refractivity contribution is 6.34. The number of rotatable bonds is 6. The lowest BCUT2D eigenvalue weighted by Crippen LogP contribution is -2.47. The zero-order valence-electron chi connectivity index (χ0n) is 23.1. The standard InChI is InChI=1S/C30H31ClF2N2O5/c1-16-22-21(14-19(32)25(31)24(22)23-18(27(34)36)12-13-20(38-6)26(23)33)39-30(16,17-10-8-7-9-11-17)15-35(5)28(37)40-29(2,3)4/h7-14,16H,15H2,1-6H3,(H2,34,36). The van der Waals surface area contributed by atoms with Crippen LogP contribution >= 0.6 is 11.6 Å². The average molecular weight is 573 g/mol. The van der Waals surface area contributed by atoms with Gasteiger partial charge in [-0.2, -0.15) is 0 Å². The molecule has 0 saturated carbocycles. The first-order valence-electron chi connectivity index (χ1n) is 12.6. The van der Waals surface area contributed by atoms with Gasteiger partial charge in [0.25, 0.3) is 0 Å². The van der Waals surface area contributed by atoms with Crippen molar-refractivity contribution in [1.82, 2.24) is 4.90 Å². The largest absolute Gasteiger partial charge is 0.494 e. The number of fused-ring (bicyclic) bond motifs is 1. The predicted molar refractivity (Wildman–Crippen MR) is 148 cm³/mol. The maximum absolute atomic E-state index is 15.9. The first kappa shape index (κ1) is 29.1. The summed E-state index contributed by atoms with van der Waals surface area (Å²) in [5.74, 6) is -3.47. The van der Waals surface area contributed by atoms with Gasteiger partial charge < -0.3 is 24.8 Å². The van der Waals surface area contributed by atoms with Crippen molar-refractivity contribution in [2.75, 3.05) is 20.7 Å². The Hall–Kier alpha value is -3.85. The molecule has 2 atom stereocenters. The molecule has 0 aromatic heterocycles. The van der Waals surface area contributed by atoms with Gasteiger partial charge in [0.05, 0.1) is 24.2 Å². The third-order valence-corrected chi connectivity index (χ3v) is 7.30. The fourth-order valence-corrected chi connectivity index (χ4v) is 5.36. The van der Waals surface area contributed by atoms with Gasteiger partial charge in [-0.1, -0.05) is 48.9 Å². The fraction of sp³-hybridized carbons (Fsp3) is 0.333. The van der Waals surface area contributed by atoms with Crippen LogP contribution in [-0.4, -0.2) is 43.2 Å². The molecule has 40 heavy (non-hydrogen) atoms. The lowest BCUT2D eigenvalue weighted by molar-refractivity contribution is -0.000670. The lowest BCUT2D eigenvalue weighted by atomic mass is 9.77. The SMILES string of the molecule is COc1ccc(C(N)=O)c(-c2c(Cl)c(F)cc3c2C(C)C(CN(C)C(=O)OC(C)(C)C)(c2ccccc2)O3)c1F. The van der Waals surface area contributed by atoms with E-state index < -0.39 is 45.8 Å². The van der Waals surface area contributed by atoms with E-state index in [0.717, 1.165) is 6.07 Å². The minimum atomic E-state index is -1.26. The number of halogens is 3. The maximum atomic E-state index is 15.9. The maximum Gasteiger partial charge on any atom is 0.410 e. The summed E-state index contributed by atoms with van der Waals surface area (Å²) >= 11 is 6.51. The Bertz CT molecular complexity index is 1480. The zero-order chi connectivity index (χ0) is 29.6. The number of benzene rings is 3. The lowest BCUT2D eigenvalue weighted by Gasteiger charge is -2.37. The molecule has 7 nitrogen and oxygen atoms in total. The molecular weight excluding hydrogens is 542 g/mol. The number of primary amides is 1. The molecule has 1 aliphatic heterocycles. The normalized spacial score (nSPS) is 18.1. The van der Waals surface area contributed by atoms with E-state index in [2.05, 4.69) is 0 Å². The Labute approximate surface area is 236 Å². The Morgan fingerprint density at radius 2 is 1.77 bits per heavy atom. The van der Waals surface area contributed by atoms with Crippen LogP contribution in [0.4, 0.5) is 13.6 Å². The summed E-state index contributed by atoms with van der Waals surface area (Å²) in [6.45, 7) is 7.07. The highest BCUT2D eigenvalue weighted by Crippen LogP contribution is 2.56. The number of methoxy groups -OCH3 is 1. The van der Waals surface area contributed by atoms with Crippen LogP contribution in [0.5, 0.6) is 11.5 Å². The fourth-order valence-electron chi connectivity index (χ4n) is 5.10. The smallest absolute Gasteiger partial charge is 0.410 e. The predicted octanol–water partition coefficient (Wildman–Crippen LogP) is 6.65. The molecule has 0 aliphatic carbocycles. The molecule has 4 rings (SSSR count). The molecule has 10 heteroatoms. The summed E-state index contributed by atoms with van der Waals surface area (Å²) in [7, 11) is 2.83. The molecule has 1 heterocycles. The average Bonchev–Trinajstić information content (AvgIpc) is 3.15. The number of nitrogens with zero attached hydrogens (tertiary/aromatic N) is 1. The molecule has 0 bridgehead atoms. The second-order valence-electron chi connectivity index (χ2n) is 10.7. The van der Waals surface area contributed by atoms with Crippen LogP contribution in [0.15, 0.2) is 48.5 Å². The third-order valence-electron chi connectivity index (χ3n) is 6.93. The summed E-state index contributed by atoms with van der Waals surface area (Å²) in [6.07, 6.45) is -0.589. The van der Waals surface area contributed by atoms with E-state index >= 15 is 8.78 Å². The highest BCUT2D eigenvalue weighted by atomic mass is 35.5. The molecule has 0 saturated heterocycles. The molecule has 2 amide bonds. The molecular formula is C30H31ClF2N2O5. The number of hydrogen-bond donors (Lipinski definition) is 1. The number of carbonyl (C=O) groups excluding carboxylic acids is 2. The van der Waals surface area contributed by atoms with Crippen molar-refractivity contribution in [1.29, 1.82) is 0 Å². The van der Waals surface area contributed by atoms with Crippen LogP contribution in [0.3, 0.4) is 0 Å². The van der Waals surface area contributed by atoms with Crippen molar-refractivity contribution in [2.45, 2.75) is 44.8 Å². The van der Waals surface area contributed by atoms with Crippen molar-refractivity contribution in [3.8, 4) is 22.6 Å². The second-order valence-corrected chi connectivity index (χ2v) is 11.1. The van der Waals surface area contributed by atoms with E-state index in [1.54, 1.807) is 27.8 Å². The van der Waals surface area contributed by atoms with Crippen molar-refractivity contribution >= 4 is 23.6 Å². The van der Waals surface area contributed by atoms with Crippen molar-refractivity contribution in [3.05, 3.63) is 81.9 Å². The van der Waals surface area contributed by atoms with Gasteiger partial charge >= 0.3 is 6.09 Å². The number of ether oxygens (including phenoxy) is 3. The van der Waals surface area contributed by atoms with E-state index in [0.29, 0.717) is 11.1 Å². The van der Waals surface area contributed by atoms with Crippen LogP contribution in [0.2, 0.25) is 5.02 Å². The Morgan fingerprint density at radius 3 is 2.35 bits per heavy atom. The molecule has 0 radical (unpaired) electrons. The molecule has 2 N–H and O–H groups in total. The van der Waals surface area contributed by atoms with E-state index in [-0.39, 0.29) is 34.7 Å². The van der Waals surface area contributed by atoms with E-state index in [9.17, 15) is 9.59 Å². The topological polar surface area (TPSA) is 91.1 Å². The molecule has 1 aliphatic rings. The Kier molecular flexibility index (Phi) is 7.73. The van der Waals surface area contributed by atoms with Gasteiger partial charge in [-0.05, 0) is 38.5 Å². The van der Waals surface area contributed by atoms with Gasteiger partial charge in [0.1, 0.15) is 17.2 Å². The van der Waals surface area contributed by atoms with E-state index in [1.807, 2.05) is 37.3 Å². The van der Waals surface area contributed by atoms with Crippen molar-refractivity contribution in [3.63, 3.8) is 0 Å². The minimum absolute atomic E-state index is 0.0102. The van der Waals surface area contributed by atoms with Crippen molar-refractivity contribution < 1.29 is 32.6 Å². The van der Waals surface area contributed by atoms with Crippen LogP contribution in [0, 0.1) is 11.6 Å². The van der Waals surface area contributed by atoms with Gasteiger partial charge in [0, 0.05) is 35.7 Å². The van der Waals surface area contributed by atoms with Crippen LogP contribution < -0.4 is 15.2 Å². The quantitative estimate of drug-likeness (QED) is 0.357. The number of hydrogen-bond acceptors (Lipinski definition) is 5. The van der Waals surface area contributed by atoms with Gasteiger partial charge in [0.2, 0.25) is 5.91 Å². The molecule has 0 spiro atoms. The monoisotopic (exact) mass is 572 g/mol. The Balaban J connectivity index is 1.97. The van der Waals surface area contributed by atoms with Crippen LogP contribution in [0.25, 0.3) is 11.1 Å². The first-order chi connectivity index (χ1) is 18.7. The summed E-state index contributed by atoms with van der Waals surface area (Å²) in [6, 6.07) is 12.8. The van der Waals surface area contributed by atoms with E-state index in [4.69, 9.17) is 31.5 Å². The summed E-state index contributed by atoms with van der Waals surface area (Å²) in [5, 5.41) is -0.409. The first-order valence-corrected chi connectivity index (χ1v) is 13.0. The zero-order valence-corrected chi connectivity index (χ0v) is 23.9. The molecule has 0 fully saturated rings. The second kappa shape index (κ2) is 10.6. The Morgan fingerprint density at radius 1 is 1.12 bits per heavy atom. The van der Waals surface area contributed by atoms with Gasteiger partial charge in [-0.25, -0.2) is 13.6 Å². The summed E-state index contributed by atoms with van der Waals surface area (Å²) in [4.78, 5) is 26.8. The number of carbonyl (C=O) groups is 2. The minimum Gasteiger partial charge on any atom is -0.494 e. The molecule has 2 unspecified atom stereocenters.